The standard InChI is InChI=1S/C38H55N17O24P4/c1-4-5-6-42-38(61)43-7-15-16(74-33(22(15)56)55-14-52(2)21-30(55)49-37(41)51-32(21)60)8-72-81(64,65)78-83(68,69)79-82(66,67)73-10-18-25(26(70-3)35(76-18)53-12-46-19-27(39)44-11-45-28(19)53)77-80(62,63)71-9-17-23(57)24(58)34(75-17)54-13-47-20-29(54)48-36(40)50-31(20)59/h11-18,22-26,33-35,56-58H,4-10H2,1-3H3,(H13-,39,40,41,42,43,44,45,48,49,50,51,59,60,61,62,63,64,65,66,67,68,69)/t15-,16-,17-,18-,22-,23-,24-,25-,26-,33-,34-,35-/m1/s1. The quantitative estimate of drug-likeness (QED) is 0.0156. The number of hydrogen-bond donors (Lipinski definition) is 13. The van der Waals surface area contributed by atoms with Crippen LogP contribution in [0.2, 0.25) is 0 Å². The molecule has 0 aromatic carbocycles. The third-order valence-electron chi connectivity index (χ3n) is 13.0. The van der Waals surface area contributed by atoms with Gasteiger partial charge in [0.2, 0.25) is 24.5 Å². The molecular weight excluding hydrogens is 1200 g/mol. The molecule has 16 atom stereocenters. The predicted octanol–water partition coefficient (Wildman–Crippen LogP) is -3.99. The minimum Gasteiger partial charge on any atom is -0.756 e. The van der Waals surface area contributed by atoms with Crippen molar-refractivity contribution >= 4 is 88.5 Å². The predicted molar refractivity (Wildman–Crippen MR) is 271 cm³/mol. The summed E-state index contributed by atoms with van der Waals surface area (Å²) >= 11 is 0. The average Bonchev–Trinajstić information content (AvgIpc) is 3.17. The Hall–Kier alpha value is -5.84. The molecule has 0 saturated carbocycles. The summed E-state index contributed by atoms with van der Waals surface area (Å²) in [5, 5.41) is 38.5. The second-order valence-corrected chi connectivity index (χ2v) is 24.6. The monoisotopic (exact) mass is 1260 g/mol. The van der Waals surface area contributed by atoms with Crippen LogP contribution in [0.15, 0.2) is 34.9 Å². The number of urea groups is 1. The van der Waals surface area contributed by atoms with Crippen molar-refractivity contribution in [3.05, 3.63) is 46.0 Å². The molecule has 0 radical (unpaired) electrons. The summed E-state index contributed by atoms with van der Waals surface area (Å²) in [6.45, 7) is -1.60. The van der Waals surface area contributed by atoms with Gasteiger partial charge in [0.05, 0.1) is 45.6 Å². The highest BCUT2D eigenvalue weighted by Crippen LogP contribution is 2.68. The molecule has 3 aliphatic rings. The molecule has 3 fully saturated rings. The number of nitrogens with zero attached hydrogens (tertiary/aromatic N) is 10. The van der Waals surface area contributed by atoms with Crippen LogP contribution in [0, 0.1) is 5.92 Å². The lowest BCUT2D eigenvalue weighted by molar-refractivity contribution is -0.646. The summed E-state index contributed by atoms with van der Waals surface area (Å²) < 4.78 is 111. The molecule has 16 N–H and O–H groups in total. The number of rotatable bonds is 24. The number of nitrogens with one attached hydrogen (secondary N) is 4. The van der Waals surface area contributed by atoms with Gasteiger partial charge in [-0.15, -0.1) is 0 Å². The van der Waals surface area contributed by atoms with Crippen LogP contribution >= 0.6 is 31.3 Å². The molecule has 2 amide bonds. The highest BCUT2D eigenvalue weighted by molar-refractivity contribution is 7.66. The SMILES string of the molecule is CCCCNC(=O)NC[C@H]1[C@@H](O)[C@H](n2c[n+](C)c3c(=O)[nH]c(N)nc32)O[C@@H]1COP(=O)(O)OP(=O)(O)OP(=O)(O)OC[C@H]1O[C@@H](n2cnc3c(N)ncnc32)[C@H](OC)[C@@H]1OP(=O)([O-])OC[C@H]1O[C@@H](n2cnc3c(=O)[nH]c(N)nc32)[C@H](O)[C@@H]1O. The Morgan fingerprint density at radius 3 is 2.00 bits per heavy atom. The summed E-state index contributed by atoms with van der Waals surface area (Å²) in [5.41, 5.74) is 15.6. The minimum atomic E-state index is -6.26. The molecule has 456 valence electrons. The van der Waals surface area contributed by atoms with Crippen LogP contribution in [0.3, 0.4) is 0 Å². The Bertz CT molecular complexity index is 3700. The second kappa shape index (κ2) is 24.3. The number of fused-ring (bicyclic) bond motifs is 3. The number of aromatic amines is 2. The van der Waals surface area contributed by atoms with Gasteiger partial charge < -0.3 is 90.7 Å². The fraction of sp³-hybridized carbons (Fsp3) is 0.579. The van der Waals surface area contributed by atoms with Crippen LogP contribution in [0.5, 0.6) is 0 Å². The van der Waals surface area contributed by atoms with Gasteiger partial charge in [-0.25, -0.2) is 43.0 Å². The number of imidazole rings is 3. The van der Waals surface area contributed by atoms with E-state index in [0.29, 0.717) is 13.0 Å². The first-order valence-electron chi connectivity index (χ1n) is 24.4. The summed E-state index contributed by atoms with van der Waals surface area (Å²) in [6.07, 6.45) is -12.4. The number of carbonyl (C=O) groups excluding carboxylic acids is 1. The topological polar surface area (TPSA) is 586 Å². The number of nitrogen functional groups attached to an aromatic ring is 3. The molecule has 3 aliphatic heterocycles. The molecule has 6 aromatic heterocycles. The molecule has 41 nitrogen and oxygen atoms in total. The molecule has 45 heteroatoms. The third-order valence-corrected chi connectivity index (χ3v) is 18.3. The highest BCUT2D eigenvalue weighted by Gasteiger charge is 2.53. The van der Waals surface area contributed by atoms with E-state index in [1.54, 1.807) is 0 Å². The molecular formula is C38H55N17O24P4. The number of carbonyl (C=O) groups is 1. The van der Waals surface area contributed by atoms with E-state index in [1.165, 1.54) is 27.1 Å². The number of methoxy groups -OCH3 is 1. The lowest BCUT2D eigenvalue weighted by Gasteiger charge is -2.31. The Labute approximate surface area is 463 Å². The lowest BCUT2D eigenvalue weighted by Crippen LogP contribution is -2.43. The van der Waals surface area contributed by atoms with Crippen molar-refractivity contribution in [2.45, 2.75) is 87.3 Å². The first-order valence-corrected chi connectivity index (χ1v) is 30.4. The molecule has 0 aliphatic carbocycles. The summed E-state index contributed by atoms with van der Waals surface area (Å²) in [6, 6.07) is -0.664. The van der Waals surface area contributed by atoms with E-state index >= 15 is 0 Å². The Balaban J connectivity index is 0.874. The van der Waals surface area contributed by atoms with Crippen molar-refractivity contribution < 1.29 is 108 Å². The number of anilines is 3. The normalized spacial score (nSPS) is 28.6. The van der Waals surface area contributed by atoms with Gasteiger partial charge in [0.25, 0.3) is 24.5 Å². The van der Waals surface area contributed by atoms with Crippen molar-refractivity contribution in [2.75, 3.05) is 57.2 Å². The number of aromatic nitrogens is 12. The molecule has 6 aromatic rings. The molecule has 4 unspecified atom stereocenters. The number of ether oxygens (including phenoxy) is 4. The van der Waals surface area contributed by atoms with Crippen molar-refractivity contribution in [3.8, 4) is 0 Å². The smallest absolute Gasteiger partial charge is 0.490 e. The van der Waals surface area contributed by atoms with Gasteiger partial charge >= 0.3 is 35.1 Å². The van der Waals surface area contributed by atoms with Gasteiger partial charge in [0.15, 0.2) is 35.1 Å². The Morgan fingerprint density at radius 1 is 0.735 bits per heavy atom. The fourth-order valence-electron chi connectivity index (χ4n) is 9.27. The number of amides is 2. The molecule has 0 bridgehead atoms. The number of aliphatic hydroxyl groups is 3. The minimum absolute atomic E-state index is 0.00767. The Kier molecular flexibility index (Phi) is 18.0. The van der Waals surface area contributed by atoms with Gasteiger partial charge in [-0.05, 0) is 6.42 Å². The van der Waals surface area contributed by atoms with Crippen LogP contribution in [0.25, 0.3) is 33.5 Å². The van der Waals surface area contributed by atoms with Gasteiger partial charge in [0, 0.05) is 26.1 Å². The van der Waals surface area contributed by atoms with Gasteiger partial charge in [0.1, 0.15) is 54.6 Å². The van der Waals surface area contributed by atoms with E-state index in [9.17, 15) is 67.5 Å². The maximum absolute atomic E-state index is 13.7. The van der Waals surface area contributed by atoms with Crippen LogP contribution in [-0.4, -0.2) is 178 Å². The van der Waals surface area contributed by atoms with Gasteiger partial charge in [-0.2, -0.15) is 23.2 Å². The molecule has 0 spiro atoms. The van der Waals surface area contributed by atoms with E-state index in [1.807, 2.05) is 6.92 Å². The zero-order valence-corrected chi connectivity index (χ0v) is 46.8. The van der Waals surface area contributed by atoms with Crippen molar-refractivity contribution in [1.82, 2.24) is 64.2 Å². The van der Waals surface area contributed by atoms with Crippen LogP contribution in [-0.2, 0) is 71.0 Å². The van der Waals surface area contributed by atoms with E-state index in [0.717, 1.165) is 37.1 Å². The lowest BCUT2D eigenvalue weighted by atomic mass is 9.98. The summed E-state index contributed by atoms with van der Waals surface area (Å²) in [4.78, 5) is 112. The van der Waals surface area contributed by atoms with Crippen molar-refractivity contribution in [1.29, 1.82) is 0 Å². The summed E-state index contributed by atoms with van der Waals surface area (Å²) in [7, 11) is -21.3. The average molecular weight is 1260 g/mol. The zero-order chi connectivity index (χ0) is 60.1. The second-order valence-electron chi connectivity index (χ2n) is 18.6. The van der Waals surface area contributed by atoms with Crippen LogP contribution in [0.4, 0.5) is 22.5 Å². The van der Waals surface area contributed by atoms with Gasteiger partial charge in [-0.1, -0.05) is 13.3 Å². The zero-order valence-electron chi connectivity index (χ0n) is 43.2. The summed E-state index contributed by atoms with van der Waals surface area (Å²) in [5.74, 6) is -1.93. The van der Waals surface area contributed by atoms with Crippen LogP contribution in [0.1, 0.15) is 38.4 Å². The molecule has 3 saturated heterocycles. The number of aryl methyl sites for hydroxylation is 1. The number of unbranched alkanes of at least 4 members (excludes halogenated alkanes) is 1. The maximum atomic E-state index is 13.7. The number of nitrogens with two attached hydrogens (primary N) is 3. The molecule has 9 heterocycles. The maximum Gasteiger partial charge on any atom is 0.490 e. The largest absolute Gasteiger partial charge is 0.756 e. The number of phosphoric ester groups is 3. The Morgan fingerprint density at radius 2 is 1.33 bits per heavy atom. The van der Waals surface area contributed by atoms with Crippen molar-refractivity contribution in [3.63, 3.8) is 0 Å². The van der Waals surface area contributed by atoms with E-state index < -0.39 is 142 Å². The molecule has 83 heavy (non-hydrogen) atoms. The first-order chi connectivity index (χ1) is 39.1. The number of H-pyrrole nitrogens is 2. The van der Waals surface area contributed by atoms with Crippen LogP contribution < -0.4 is 48.4 Å². The van der Waals surface area contributed by atoms with E-state index in [-0.39, 0.29) is 57.8 Å². The van der Waals surface area contributed by atoms with E-state index in [2.05, 4.69) is 59.1 Å². The number of hydrogen-bond acceptors (Lipinski definition) is 30. The van der Waals surface area contributed by atoms with Crippen molar-refractivity contribution in [2.24, 2.45) is 13.0 Å². The first kappa shape index (κ1) is 61.7. The fourth-order valence-corrected chi connectivity index (χ4v) is 13.7. The third kappa shape index (κ3) is 13.3. The number of phosphoric acid groups is 4. The number of aliphatic hydroxyl groups excluding tert-OH is 3. The van der Waals surface area contributed by atoms with Gasteiger partial charge in [-0.3, -0.25) is 42.3 Å². The van der Waals surface area contributed by atoms with E-state index in [4.69, 9.17) is 54.2 Å². The molecule has 9 rings (SSSR count). The highest BCUT2D eigenvalue weighted by atomic mass is 31.3.